The first-order valence-corrected chi connectivity index (χ1v) is 23.4. The Kier molecular flexibility index (Phi) is 12.7. The van der Waals surface area contributed by atoms with Crippen molar-refractivity contribution < 1.29 is 74.4 Å². The normalized spacial score (nSPS) is 57.3. The van der Waals surface area contributed by atoms with Crippen molar-refractivity contribution in [2.24, 2.45) is 46.3 Å². The third-order valence-electron chi connectivity index (χ3n) is 18.0. The first kappa shape index (κ1) is 45.3. The van der Waals surface area contributed by atoms with Gasteiger partial charge in [0, 0.05) is 18.6 Å². The maximum absolute atomic E-state index is 11.6. The molecule has 61 heavy (non-hydrogen) atoms. The maximum atomic E-state index is 11.6. The molecule has 0 bridgehead atoms. The van der Waals surface area contributed by atoms with Crippen molar-refractivity contribution in [3.8, 4) is 0 Å². The molecule has 16 heteroatoms. The summed E-state index contributed by atoms with van der Waals surface area (Å²) in [4.78, 5) is 2.94. The van der Waals surface area contributed by atoms with E-state index < -0.39 is 105 Å². The van der Waals surface area contributed by atoms with Gasteiger partial charge in [0.05, 0.1) is 25.4 Å². The number of ether oxygens (including phenoxy) is 6. The van der Waals surface area contributed by atoms with E-state index in [0.717, 1.165) is 36.6 Å². The minimum Gasteiger partial charge on any atom is -0.394 e. The van der Waals surface area contributed by atoms with E-state index in [1.165, 1.54) is 51.1 Å². The number of hydrogen-bond acceptors (Lipinski definition) is 16. The average molecular weight is 868 g/mol. The van der Waals surface area contributed by atoms with Gasteiger partial charge in [0.1, 0.15) is 67.1 Å². The first-order chi connectivity index (χ1) is 29.0. The topological polar surface area (TPSA) is 241 Å². The molecule has 5 heterocycles. The lowest BCUT2D eigenvalue weighted by Gasteiger charge is -2.58. The molecule has 9 rings (SSSR count). The first-order valence-electron chi connectivity index (χ1n) is 23.4. The van der Waals surface area contributed by atoms with E-state index in [1.807, 2.05) is 0 Å². The average Bonchev–Trinajstić information content (AvgIpc) is 3.71. The van der Waals surface area contributed by atoms with Crippen LogP contribution in [0.1, 0.15) is 92.4 Å². The lowest BCUT2D eigenvalue weighted by atomic mass is 9.47. The van der Waals surface area contributed by atoms with Gasteiger partial charge in [0.15, 0.2) is 18.9 Å². The Hall–Kier alpha value is -0.900. The van der Waals surface area contributed by atoms with Crippen LogP contribution in [0.5, 0.6) is 0 Å². The zero-order valence-corrected chi connectivity index (χ0v) is 36.3. The molecule has 0 spiro atoms. The van der Waals surface area contributed by atoms with Gasteiger partial charge < -0.3 is 74.4 Å². The van der Waals surface area contributed by atoms with Crippen molar-refractivity contribution in [2.45, 2.75) is 203 Å². The predicted molar refractivity (Wildman–Crippen MR) is 215 cm³/mol. The van der Waals surface area contributed by atoms with Crippen molar-refractivity contribution in [3.63, 3.8) is 0 Å². The fraction of sp³-hybridized carbons (Fsp3) is 0.956. The fourth-order valence-corrected chi connectivity index (χ4v) is 14.7. The second-order valence-electron chi connectivity index (χ2n) is 21.2. The van der Waals surface area contributed by atoms with Gasteiger partial charge in [-0.3, -0.25) is 4.90 Å². The Bertz CT molecular complexity index is 1590. The van der Waals surface area contributed by atoms with Crippen LogP contribution in [0.25, 0.3) is 0 Å². The number of fused-ring (bicyclic) bond motifs is 9. The highest BCUT2D eigenvalue weighted by atomic mass is 16.8. The Morgan fingerprint density at radius 3 is 2.05 bits per heavy atom. The molecule has 0 amide bonds. The smallest absolute Gasteiger partial charge is 0.187 e. The number of allylic oxidation sites excluding steroid dienone is 1. The van der Waals surface area contributed by atoms with Crippen LogP contribution in [0.3, 0.4) is 0 Å². The Balaban J connectivity index is 0.952. The summed E-state index contributed by atoms with van der Waals surface area (Å²) in [5.74, 6) is 4.15. The van der Waals surface area contributed by atoms with Crippen LogP contribution in [-0.4, -0.2) is 181 Å². The van der Waals surface area contributed by atoms with Gasteiger partial charge in [-0.05, 0) is 111 Å². The van der Waals surface area contributed by atoms with Crippen molar-refractivity contribution in [1.82, 2.24) is 4.90 Å². The second-order valence-corrected chi connectivity index (χ2v) is 21.2. The molecular weight excluding hydrogens is 794 g/mol. The summed E-state index contributed by atoms with van der Waals surface area (Å²) in [5, 5.41) is 95.8. The van der Waals surface area contributed by atoms with E-state index >= 15 is 0 Å². The van der Waals surface area contributed by atoms with E-state index in [2.05, 4.69) is 38.7 Å². The number of aliphatic hydroxyl groups excluding tert-OH is 9. The number of rotatable bonds is 8. The number of piperidine rings is 1. The van der Waals surface area contributed by atoms with Crippen LogP contribution in [0.2, 0.25) is 0 Å². The molecule has 3 saturated carbocycles. The monoisotopic (exact) mass is 867 g/mol. The highest BCUT2D eigenvalue weighted by molar-refractivity contribution is 5.27. The van der Waals surface area contributed by atoms with Gasteiger partial charge in [0.25, 0.3) is 0 Å². The maximum Gasteiger partial charge on any atom is 0.187 e. The summed E-state index contributed by atoms with van der Waals surface area (Å²) in [5.41, 5.74) is 1.72. The Morgan fingerprint density at radius 2 is 1.33 bits per heavy atom. The molecule has 16 nitrogen and oxygen atoms in total. The molecule has 348 valence electrons. The highest BCUT2D eigenvalue weighted by Gasteiger charge is 2.66. The summed E-state index contributed by atoms with van der Waals surface area (Å²) in [6.45, 7) is 11.4. The molecule has 5 saturated heterocycles. The molecule has 8 fully saturated rings. The third kappa shape index (κ3) is 7.42. The summed E-state index contributed by atoms with van der Waals surface area (Å²) < 4.78 is 36.8. The van der Waals surface area contributed by atoms with Crippen LogP contribution in [0, 0.1) is 46.3 Å². The quantitative estimate of drug-likeness (QED) is 0.148. The standard InChI is InChI=1S/C45H73NO15/c1-19-6-9-27-20(2)31-28(46(27)16-19)15-26-24-8-7-22-14-23(10-12-44(22,4)25(24)11-13-45(26,31)5)57-43-40(61-41-37(54)35(52)32(49)21(3)56-41)39(34(51)30(18-48)59-43)60-42-38(55)36(53)33(50)29(17-47)58-42/h7,19-21,23-43,47-55H,6,8-18H2,1-5H3/t19-,20+,21-,23+,24+,25-,26+,27+,28-,29+,30+,31-,32-,33+,34-,35+,36-,37+,38+,39-,40+,41+,42-,43-,44-,45-/m0/s1. The summed E-state index contributed by atoms with van der Waals surface area (Å²) in [6.07, 6.45) is -11.1. The highest BCUT2D eigenvalue weighted by Crippen LogP contribution is 2.70. The molecule has 4 aliphatic carbocycles. The summed E-state index contributed by atoms with van der Waals surface area (Å²) >= 11 is 0. The van der Waals surface area contributed by atoms with Crippen LogP contribution in [0.4, 0.5) is 0 Å². The van der Waals surface area contributed by atoms with Gasteiger partial charge in [-0.15, -0.1) is 0 Å². The zero-order valence-electron chi connectivity index (χ0n) is 36.3. The number of nitrogens with zero attached hydrogens (tertiary/aromatic N) is 1. The van der Waals surface area contributed by atoms with Crippen molar-refractivity contribution in [1.29, 1.82) is 0 Å². The van der Waals surface area contributed by atoms with Crippen LogP contribution in [-0.2, 0) is 28.4 Å². The summed E-state index contributed by atoms with van der Waals surface area (Å²) in [6, 6.07) is 1.43. The minimum absolute atomic E-state index is 0.00462. The second kappa shape index (κ2) is 17.1. The van der Waals surface area contributed by atoms with E-state index in [0.29, 0.717) is 42.1 Å². The minimum atomic E-state index is -1.83. The molecule has 0 aromatic heterocycles. The largest absolute Gasteiger partial charge is 0.394 e. The molecule has 0 aromatic carbocycles. The van der Waals surface area contributed by atoms with E-state index in [1.54, 1.807) is 0 Å². The molecule has 9 aliphatic rings. The third-order valence-corrected chi connectivity index (χ3v) is 18.0. The molecule has 9 N–H and O–H groups in total. The SMILES string of the molecule is C[C@H]1CC[C@@H]2[C@@H](C)[C@H]3[C@H](C[C@@H]4[C@@H]5CC=C6C[C@H](O[C@H]7O[C@H](CO)[C@H](O)[C@H](O[C@@H]8O[C@H](CO)[C@@H](O)[C@H](O)[C@H]8O)[C@H]7O[C@H]7O[C@@H](C)[C@H](O)[C@@H](O)[C@H]7O)CC[C@]6(C)[C@H]5CC[C@]34C)N2C1. The van der Waals surface area contributed by atoms with E-state index in [4.69, 9.17) is 28.4 Å². The molecule has 0 aromatic rings. The van der Waals surface area contributed by atoms with Gasteiger partial charge >= 0.3 is 0 Å². The number of hydrogen-bond donors (Lipinski definition) is 9. The van der Waals surface area contributed by atoms with Gasteiger partial charge in [-0.25, -0.2) is 0 Å². The van der Waals surface area contributed by atoms with Gasteiger partial charge in [0.2, 0.25) is 0 Å². The van der Waals surface area contributed by atoms with E-state index in [-0.39, 0.29) is 11.5 Å². The van der Waals surface area contributed by atoms with Crippen LogP contribution < -0.4 is 0 Å². The van der Waals surface area contributed by atoms with Crippen molar-refractivity contribution >= 4 is 0 Å². The lowest BCUT2D eigenvalue weighted by Crippen LogP contribution is -2.67. The van der Waals surface area contributed by atoms with Gasteiger partial charge in [-0.1, -0.05) is 39.3 Å². The summed E-state index contributed by atoms with van der Waals surface area (Å²) in [7, 11) is 0. The predicted octanol–water partition coefficient (Wildman–Crippen LogP) is 0.155. The molecule has 0 radical (unpaired) electrons. The lowest BCUT2D eigenvalue weighted by molar-refractivity contribution is -0.394. The molecule has 5 aliphatic heterocycles. The van der Waals surface area contributed by atoms with Gasteiger partial charge in [-0.2, -0.15) is 0 Å². The Labute approximate surface area is 359 Å². The molecule has 0 unspecified atom stereocenters. The molecule has 26 atom stereocenters. The van der Waals surface area contributed by atoms with Crippen molar-refractivity contribution in [3.05, 3.63) is 11.6 Å². The van der Waals surface area contributed by atoms with E-state index in [9.17, 15) is 46.0 Å². The van der Waals surface area contributed by atoms with Crippen LogP contribution >= 0.6 is 0 Å². The fourth-order valence-electron chi connectivity index (χ4n) is 14.7. The molecular formula is C45H73NO15. The number of aliphatic hydroxyl groups is 9. The Morgan fingerprint density at radius 1 is 0.672 bits per heavy atom. The van der Waals surface area contributed by atoms with Crippen LogP contribution in [0.15, 0.2) is 11.6 Å². The van der Waals surface area contributed by atoms with Crippen molar-refractivity contribution in [2.75, 3.05) is 19.8 Å². The zero-order chi connectivity index (χ0) is 43.4.